The molecule has 0 atom stereocenters. The third-order valence-corrected chi connectivity index (χ3v) is 5.70. The lowest BCUT2D eigenvalue weighted by atomic mass is 10.1. The number of aryl methyl sites for hydroxylation is 2. The molecular formula is C27H23N3O. The Kier molecular flexibility index (Phi) is 4.97. The van der Waals surface area contributed by atoms with Crippen molar-refractivity contribution in [2.24, 2.45) is 0 Å². The Balaban J connectivity index is 1.60. The summed E-state index contributed by atoms with van der Waals surface area (Å²) in [5, 5.41) is 1.81. The zero-order valence-corrected chi connectivity index (χ0v) is 17.4. The van der Waals surface area contributed by atoms with Crippen LogP contribution in [0.25, 0.3) is 34.0 Å². The molecule has 4 nitrogen and oxygen atoms in total. The molecule has 5 aromatic rings. The molecule has 0 aliphatic carbocycles. The van der Waals surface area contributed by atoms with Gasteiger partial charge in [-0.25, -0.2) is 4.98 Å². The summed E-state index contributed by atoms with van der Waals surface area (Å²) in [6, 6.07) is 26.0. The summed E-state index contributed by atoms with van der Waals surface area (Å²) in [5.74, 6) is 0.671. The van der Waals surface area contributed by atoms with E-state index in [1.54, 1.807) is 4.57 Å². The topological polar surface area (TPSA) is 50.7 Å². The van der Waals surface area contributed by atoms with Crippen molar-refractivity contribution in [2.75, 3.05) is 0 Å². The first-order valence-electron chi connectivity index (χ1n) is 10.5. The van der Waals surface area contributed by atoms with Crippen LogP contribution in [0.3, 0.4) is 0 Å². The molecule has 0 aliphatic rings. The summed E-state index contributed by atoms with van der Waals surface area (Å²) >= 11 is 0. The highest BCUT2D eigenvalue weighted by molar-refractivity contribution is 5.93. The lowest BCUT2D eigenvalue weighted by molar-refractivity contribution is 0.655. The molecule has 2 aromatic heterocycles. The van der Waals surface area contributed by atoms with Gasteiger partial charge in [-0.15, -0.1) is 0 Å². The second kappa shape index (κ2) is 8.07. The number of nitrogens with one attached hydrogen (secondary N) is 1. The van der Waals surface area contributed by atoms with Crippen LogP contribution >= 0.6 is 0 Å². The maximum atomic E-state index is 13.3. The second-order valence-electron chi connectivity index (χ2n) is 7.72. The minimum atomic E-state index is -0.00294. The Bertz CT molecular complexity index is 1460. The Morgan fingerprint density at radius 1 is 0.871 bits per heavy atom. The van der Waals surface area contributed by atoms with E-state index in [4.69, 9.17) is 4.98 Å². The quantitative estimate of drug-likeness (QED) is 0.414. The van der Waals surface area contributed by atoms with E-state index in [9.17, 15) is 4.79 Å². The maximum absolute atomic E-state index is 13.3. The van der Waals surface area contributed by atoms with Crippen LogP contribution in [-0.4, -0.2) is 14.5 Å². The third kappa shape index (κ3) is 3.68. The largest absolute Gasteiger partial charge is 0.358 e. The third-order valence-electron chi connectivity index (χ3n) is 5.70. The maximum Gasteiger partial charge on any atom is 0.261 e. The highest BCUT2D eigenvalue weighted by Gasteiger charge is 2.10. The molecule has 5 rings (SSSR count). The van der Waals surface area contributed by atoms with Gasteiger partial charge in [0.25, 0.3) is 5.56 Å². The zero-order chi connectivity index (χ0) is 21.2. The van der Waals surface area contributed by atoms with Crippen LogP contribution in [0.5, 0.6) is 0 Å². The molecule has 152 valence electrons. The van der Waals surface area contributed by atoms with Crippen LogP contribution in [0.1, 0.15) is 22.6 Å². The van der Waals surface area contributed by atoms with Gasteiger partial charge in [0.05, 0.1) is 10.9 Å². The molecular weight excluding hydrogens is 382 g/mol. The number of fused-ring (bicyclic) bond motifs is 2. The lowest BCUT2D eigenvalue weighted by Gasteiger charge is -2.11. The molecule has 0 aliphatic heterocycles. The average Bonchev–Trinajstić information content (AvgIpc) is 3.13. The van der Waals surface area contributed by atoms with Crippen molar-refractivity contribution in [3.8, 4) is 0 Å². The van der Waals surface area contributed by atoms with Crippen LogP contribution in [0.4, 0.5) is 0 Å². The molecule has 0 unspecified atom stereocenters. The van der Waals surface area contributed by atoms with Gasteiger partial charge in [-0.2, -0.15) is 0 Å². The van der Waals surface area contributed by atoms with Gasteiger partial charge < -0.3 is 4.98 Å². The fourth-order valence-electron chi connectivity index (χ4n) is 4.09. The molecule has 0 spiro atoms. The first-order chi connectivity index (χ1) is 15.2. The smallest absolute Gasteiger partial charge is 0.261 e. The Morgan fingerprint density at radius 3 is 2.42 bits per heavy atom. The summed E-state index contributed by atoms with van der Waals surface area (Å²) in [4.78, 5) is 21.5. The number of rotatable bonds is 5. The molecule has 0 saturated carbocycles. The highest BCUT2D eigenvalue weighted by atomic mass is 16.1. The van der Waals surface area contributed by atoms with Crippen LogP contribution in [0, 0.1) is 6.92 Å². The molecule has 0 saturated heterocycles. The Hall–Kier alpha value is -3.92. The van der Waals surface area contributed by atoms with Crippen molar-refractivity contribution in [3.05, 3.63) is 112 Å². The molecule has 0 bridgehead atoms. The van der Waals surface area contributed by atoms with Crippen molar-refractivity contribution >= 4 is 34.0 Å². The fourth-order valence-corrected chi connectivity index (χ4v) is 4.09. The number of hydrogen-bond acceptors (Lipinski definition) is 2. The van der Waals surface area contributed by atoms with Crippen molar-refractivity contribution < 1.29 is 0 Å². The number of nitrogens with zero attached hydrogens (tertiary/aromatic N) is 2. The Labute approximate surface area is 180 Å². The molecule has 0 amide bonds. The summed E-state index contributed by atoms with van der Waals surface area (Å²) in [5.41, 5.74) is 5.23. The van der Waals surface area contributed by atoms with E-state index in [-0.39, 0.29) is 5.56 Å². The molecule has 0 fully saturated rings. The number of H-pyrrole nitrogens is 1. The number of aromatic amines is 1. The van der Waals surface area contributed by atoms with E-state index < -0.39 is 0 Å². The van der Waals surface area contributed by atoms with E-state index in [1.807, 2.05) is 60.7 Å². The van der Waals surface area contributed by atoms with E-state index >= 15 is 0 Å². The Morgan fingerprint density at radius 2 is 1.58 bits per heavy atom. The summed E-state index contributed by atoms with van der Waals surface area (Å²) in [6.45, 7) is 2.64. The highest BCUT2D eigenvalue weighted by Crippen LogP contribution is 2.24. The van der Waals surface area contributed by atoms with Gasteiger partial charge >= 0.3 is 0 Å². The minimum absolute atomic E-state index is 0.00294. The monoisotopic (exact) mass is 405 g/mol. The molecule has 4 heteroatoms. The van der Waals surface area contributed by atoms with Crippen LogP contribution in [0.2, 0.25) is 0 Å². The number of aromatic nitrogens is 3. The second-order valence-corrected chi connectivity index (χ2v) is 7.72. The van der Waals surface area contributed by atoms with E-state index in [0.717, 1.165) is 34.1 Å². The van der Waals surface area contributed by atoms with Gasteiger partial charge in [-0.05, 0) is 49.3 Å². The molecule has 31 heavy (non-hydrogen) atoms. The summed E-state index contributed by atoms with van der Waals surface area (Å²) in [7, 11) is 0. The standard InChI is InChI=1S/C27H23N3O/c1-19-21(22-11-5-7-13-24(22)28-19)15-16-26-29-25-14-8-6-12-23(25)27(31)30(26)18-17-20-9-3-2-4-10-20/h2-16,28H,17-18H2,1H3/b16-15+. The van der Waals surface area contributed by atoms with Gasteiger partial charge in [0, 0.05) is 28.7 Å². The minimum Gasteiger partial charge on any atom is -0.358 e. The average molecular weight is 406 g/mol. The van der Waals surface area contributed by atoms with E-state index in [1.165, 1.54) is 5.56 Å². The predicted molar refractivity (Wildman–Crippen MR) is 128 cm³/mol. The van der Waals surface area contributed by atoms with E-state index in [2.05, 4.69) is 42.2 Å². The molecule has 2 heterocycles. The van der Waals surface area contributed by atoms with Gasteiger partial charge in [-0.3, -0.25) is 9.36 Å². The van der Waals surface area contributed by atoms with Crippen LogP contribution in [-0.2, 0) is 13.0 Å². The van der Waals surface area contributed by atoms with E-state index in [0.29, 0.717) is 17.8 Å². The van der Waals surface area contributed by atoms with Gasteiger partial charge in [-0.1, -0.05) is 60.7 Å². The first-order valence-corrected chi connectivity index (χ1v) is 10.5. The SMILES string of the molecule is Cc1[nH]c2ccccc2c1/C=C/c1nc2ccccc2c(=O)n1CCc1ccccc1. The zero-order valence-electron chi connectivity index (χ0n) is 17.4. The molecule has 1 N–H and O–H groups in total. The molecule has 0 radical (unpaired) electrons. The number of para-hydroxylation sites is 2. The predicted octanol–water partition coefficient (Wildman–Crippen LogP) is 5.60. The van der Waals surface area contributed by atoms with Crippen LogP contribution in [0.15, 0.2) is 83.7 Å². The van der Waals surface area contributed by atoms with Gasteiger partial charge in [0.1, 0.15) is 5.82 Å². The number of hydrogen-bond donors (Lipinski definition) is 1. The summed E-state index contributed by atoms with van der Waals surface area (Å²) in [6.07, 6.45) is 4.79. The summed E-state index contributed by atoms with van der Waals surface area (Å²) < 4.78 is 1.79. The van der Waals surface area contributed by atoms with Gasteiger partial charge in [0.15, 0.2) is 0 Å². The van der Waals surface area contributed by atoms with Crippen molar-refractivity contribution in [3.63, 3.8) is 0 Å². The van der Waals surface area contributed by atoms with Crippen LogP contribution < -0.4 is 5.56 Å². The van der Waals surface area contributed by atoms with Gasteiger partial charge in [0.2, 0.25) is 0 Å². The lowest BCUT2D eigenvalue weighted by Crippen LogP contribution is -2.25. The van der Waals surface area contributed by atoms with Crippen molar-refractivity contribution in [2.45, 2.75) is 19.9 Å². The van der Waals surface area contributed by atoms with Crippen molar-refractivity contribution in [1.82, 2.24) is 14.5 Å². The van der Waals surface area contributed by atoms with Crippen molar-refractivity contribution in [1.29, 1.82) is 0 Å². The fraction of sp³-hybridized carbons (Fsp3) is 0.111. The normalized spacial score (nSPS) is 11.6. The first kappa shape index (κ1) is 19.1. The number of benzene rings is 3. The molecule has 3 aromatic carbocycles.